The molecule has 0 spiro atoms. The molecule has 2 aromatic carbocycles. The third-order valence-electron chi connectivity index (χ3n) is 4.08. The summed E-state index contributed by atoms with van der Waals surface area (Å²) < 4.78 is 0. The van der Waals surface area contributed by atoms with E-state index in [1.165, 1.54) is 22.2 Å². The van der Waals surface area contributed by atoms with Gasteiger partial charge in [-0.1, -0.05) is 30.3 Å². The number of hydrogen-bond donors (Lipinski definition) is 2. The largest absolute Gasteiger partial charge is 0.358 e. The van der Waals surface area contributed by atoms with Crippen LogP contribution in [0, 0.1) is 6.92 Å². The summed E-state index contributed by atoms with van der Waals surface area (Å²) in [5.41, 5.74) is 6.03. The first-order valence-corrected chi connectivity index (χ1v) is 7.31. The number of fused-ring (bicyclic) bond motifs is 2. The highest BCUT2D eigenvalue weighted by Gasteiger charge is 2.09. The Morgan fingerprint density at radius 3 is 2.48 bits per heavy atom. The number of nitrogens with one attached hydrogen (secondary N) is 2. The topological polar surface area (TPSA) is 44.5 Å². The average molecular weight is 275 g/mol. The minimum atomic E-state index is 0.928. The Morgan fingerprint density at radius 1 is 0.857 bits per heavy atom. The molecule has 0 amide bonds. The molecule has 0 aliphatic rings. The Labute approximate surface area is 123 Å². The van der Waals surface area contributed by atoms with Crippen LogP contribution in [0.1, 0.15) is 17.1 Å². The van der Waals surface area contributed by atoms with Crippen molar-refractivity contribution in [3.63, 3.8) is 0 Å². The smallest absolute Gasteiger partial charge is 0.107 e. The summed E-state index contributed by atoms with van der Waals surface area (Å²) in [5.74, 6) is 1.06. The molecule has 0 saturated carbocycles. The number of nitrogens with zero attached hydrogens (tertiary/aromatic N) is 1. The summed E-state index contributed by atoms with van der Waals surface area (Å²) in [5, 5.41) is 1.33. The lowest BCUT2D eigenvalue weighted by Gasteiger charge is -1.99. The maximum absolute atomic E-state index is 4.66. The molecule has 0 aliphatic carbocycles. The van der Waals surface area contributed by atoms with E-state index >= 15 is 0 Å². The van der Waals surface area contributed by atoms with Crippen molar-refractivity contribution in [2.75, 3.05) is 0 Å². The van der Waals surface area contributed by atoms with Gasteiger partial charge in [-0.25, -0.2) is 4.98 Å². The van der Waals surface area contributed by atoms with Gasteiger partial charge in [0.25, 0.3) is 0 Å². The number of benzene rings is 2. The monoisotopic (exact) mass is 275 g/mol. The number of aryl methyl sites for hydroxylation is 3. The van der Waals surface area contributed by atoms with Crippen molar-refractivity contribution < 1.29 is 0 Å². The number of para-hydroxylation sites is 3. The minimum absolute atomic E-state index is 0.928. The highest BCUT2D eigenvalue weighted by Crippen LogP contribution is 2.23. The van der Waals surface area contributed by atoms with Crippen LogP contribution in [-0.4, -0.2) is 15.0 Å². The van der Waals surface area contributed by atoms with Gasteiger partial charge in [0.05, 0.1) is 11.0 Å². The molecule has 4 aromatic rings. The lowest BCUT2D eigenvalue weighted by Crippen LogP contribution is -1.94. The van der Waals surface area contributed by atoms with Crippen molar-refractivity contribution in [2.45, 2.75) is 19.8 Å². The average Bonchev–Trinajstić information content (AvgIpc) is 3.04. The fourth-order valence-corrected chi connectivity index (χ4v) is 3.02. The fraction of sp³-hybridized carbons (Fsp3) is 0.167. The van der Waals surface area contributed by atoms with Crippen LogP contribution in [0.4, 0.5) is 0 Å². The summed E-state index contributed by atoms with van der Waals surface area (Å²) in [7, 11) is 0. The summed E-state index contributed by atoms with van der Waals surface area (Å²) in [6, 6.07) is 16.7. The van der Waals surface area contributed by atoms with Crippen LogP contribution in [0.5, 0.6) is 0 Å². The Hall–Kier alpha value is -2.55. The van der Waals surface area contributed by atoms with Crippen molar-refractivity contribution in [1.29, 1.82) is 0 Å². The second-order valence-corrected chi connectivity index (χ2v) is 5.47. The van der Waals surface area contributed by atoms with E-state index in [-0.39, 0.29) is 0 Å². The zero-order valence-corrected chi connectivity index (χ0v) is 12.0. The molecular weight excluding hydrogens is 258 g/mol. The lowest BCUT2D eigenvalue weighted by molar-refractivity contribution is 0.888. The normalized spacial score (nSPS) is 11.5. The zero-order chi connectivity index (χ0) is 14.2. The van der Waals surface area contributed by atoms with E-state index in [1.807, 2.05) is 18.2 Å². The summed E-state index contributed by atoms with van der Waals surface area (Å²) in [6.07, 6.45) is 1.92. The third-order valence-corrected chi connectivity index (χ3v) is 4.08. The third kappa shape index (κ3) is 2.11. The van der Waals surface area contributed by atoms with Crippen molar-refractivity contribution in [1.82, 2.24) is 15.0 Å². The van der Waals surface area contributed by atoms with Crippen LogP contribution in [0.15, 0.2) is 48.5 Å². The van der Waals surface area contributed by atoms with E-state index in [0.29, 0.717) is 0 Å². The number of rotatable bonds is 3. The van der Waals surface area contributed by atoms with Crippen LogP contribution in [0.2, 0.25) is 0 Å². The van der Waals surface area contributed by atoms with E-state index in [9.17, 15) is 0 Å². The molecular formula is C18H17N3. The van der Waals surface area contributed by atoms with Gasteiger partial charge in [-0.15, -0.1) is 0 Å². The molecule has 0 bridgehead atoms. The van der Waals surface area contributed by atoms with Gasteiger partial charge >= 0.3 is 0 Å². The fourth-order valence-electron chi connectivity index (χ4n) is 3.02. The first-order chi connectivity index (χ1) is 10.3. The molecule has 21 heavy (non-hydrogen) atoms. The Kier molecular flexibility index (Phi) is 2.78. The summed E-state index contributed by atoms with van der Waals surface area (Å²) >= 11 is 0. The van der Waals surface area contributed by atoms with Crippen LogP contribution >= 0.6 is 0 Å². The zero-order valence-electron chi connectivity index (χ0n) is 12.0. The van der Waals surface area contributed by atoms with Crippen molar-refractivity contribution in [3.05, 3.63) is 65.6 Å². The Morgan fingerprint density at radius 2 is 1.62 bits per heavy atom. The van der Waals surface area contributed by atoms with Gasteiger partial charge in [0.2, 0.25) is 0 Å². The number of aromatic nitrogens is 3. The molecule has 0 radical (unpaired) electrons. The van der Waals surface area contributed by atoms with Gasteiger partial charge in [-0.2, -0.15) is 0 Å². The second-order valence-electron chi connectivity index (χ2n) is 5.47. The van der Waals surface area contributed by atoms with E-state index < -0.39 is 0 Å². The molecule has 0 atom stereocenters. The van der Waals surface area contributed by atoms with Gasteiger partial charge < -0.3 is 9.97 Å². The van der Waals surface area contributed by atoms with E-state index in [4.69, 9.17) is 0 Å². The molecule has 104 valence electrons. The minimum Gasteiger partial charge on any atom is -0.358 e. The maximum atomic E-state index is 4.66. The Bertz CT molecular complexity index is 881. The lowest BCUT2D eigenvalue weighted by atomic mass is 10.1. The molecule has 2 heterocycles. The quantitative estimate of drug-likeness (QED) is 0.580. The molecule has 3 heteroatoms. The SMILES string of the molecule is Cc1[nH]c2ccccc2c1CCc1nc2ccccc2[nH]1. The first kappa shape index (κ1) is 12.2. The van der Waals surface area contributed by atoms with E-state index in [0.717, 1.165) is 29.7 Å². The highest BCUT2D eigenvalue weighted by molar-refractivity contribution is 5.84. The second kappa shape index (κ2) is 4.77. The number of hydrogen-bond acceptors (Lipinski definition) is 1. The molecule has 3 nitrogen and oxygen atoms in total. The number of aromatic amines is 2. The standard InChI is InChI=1S/C18H17N3/c1-12-13(14-6-2-3-7-15(14)19-12)10-11-18-20-16-8-4-5-9-17(16)21-18/h2-9,19H,10-11H2,1H3,(H,20,21). The molecule has 2 N–H and O–H groups in total. The number of H-pyrrole nitrogens is 2. The van der Waals surface area contributed by atoms with Gasteiger partial charge in [0, 0.05) is 23.0 Å². The van der Waals surface area contributed by atoms with Gasteiger partial charge in [0.1, 0.15) is 5.82 Å². The van der Waals surface area contributed by atoms with Crippen molar-refractivity contribution in [3.8, 4) is 0 Å². The molecule has 2 aromatic heterocycles. The van der Waals surface area contributed by atoms with Crippen molar-refractivity contribution in [2.24, 2.45) is 0 Å². The van der Waals surface area contributed by atoms with Crippen LogP contribution in [0.3, 0.4) is 0 Å². The predicted molar refractivity (Wildman–Crippen MR) is 86.5 cm³/mol. The van der Waals surface area contributed by atoms with Crippen LogP contribution in [-0.2, 0) is 12.8 Å². The predicted octanol–water partition coefficient (Wildman–Crippen LogP) is 4.14. The van der Waals surface area contributed by atoms with Crippen LogP contribution < -0.4 is 0 Å². The van der Waals surface area contributed by atoms with Crippen molar-refractivity contribution >= 4 is 21.9 Å². The van der Waals surface area contributed by atoms with Gasteiger partial charge in [-0.05, 0) is 37.1 Å². The van der Waals surface area contributed by atoms with E-state index in [1.54, 1.807) is 0 Å². The molecule has 0 fully saturated rings. The maximum Gasteiger partial charge on any atom is 0.107 e. The summed E-state index contributed by atoms with van der Waals surface area (Å²) in [4.78, 5) is 11.5. The molecule has 0 aliphatic heterocycles. The first-order valence-electron chi connectivity index (χ1n) is 7.31. The van der Waals surface area contributed by atoms with Gasteiger partial charge in [0.15, 0.2) is 0 Å². The van der Waals surface area contributed by atoms with Gasteiger partial charge in [-0.3, -0.25) is 0 Å². The van der Waals surface area contributed by atoms with E-state index in [2.05, 4.69) is 52.2 Å². The molecule has 0 saturated heterocycles. The van der Waals surface area contributed by atoms with Crippen LogP contribution in [0.25, 0.3) is 21.9 Å². The highest BCUT2D eigenvalue weighted by atomic mass is 14.9. The molecule has 0 unspecified atom stereocenters. The molecule has 4 rings (SSSR count). The number of imidazole rings is 1. The summed E-state index contributed by atoms with van der Waals surface area (Å²) in [6.45, 7) is 2.15. The Balaban J connectivity index is 1.64.